The van der Waals surface area contributed by atoms with Gasteiger partial charge in [0.05, 0.1) is 19.0 Å². The van der Waals surface area contributed by atoms with E-state index in [0.717, 1.165) is 29.9 Å². The molecule has 35 heavy (non-hydrogen) atoms. The van der Waals surface area contributed by atoms with E-state index < -0.39 is 0 Å². The molecule has 0 saturated carbocycles. The predicted octanol–water partition coefficient (Wildman–Crippen LogP) is 3.58. The summed E-state index contributed by atoms with van der Waals surface area (Å²) in [5.74, 6) is 1.65. The molecular formula is C27H29N5O3. The number of nitrogens with one attached hydrogen (secondary N) is 1. The van der Waals surface area contributed by atoms with Crippen LogP contribution in [0.4, 0.5) is 5.82 Å². The molecule has 1 atom stereocenters. The van der Waals surface area contributed by atoms with E-state index >= 15 is 0 Å². The quantitative estimate of drug-likeness (QED) is 0.462. The van der Waals surface area contributed by atoms with Crippen LogP contribution in [0.25, 0.3) is 11.2 Å². The average molecular weight is 472 g/mol. The monoisotopic (exact) mass is 471 g/mol. The number of amides is 1. The molecule has 1 unspecified atom stereocenters. The second-order valence-corrected chi connectivity index (χ2v) is 9.17. The smallest absolute Gasteiger partial charge is 0.295 e. The normalized spacial score (nSPS) is 15.9. The van der Waals surface area contributed by atoms with E-state index in [9.17, 15) is 9.59 Å². The summed E-state index contributed by atoms with van der Waals surface area (Å²) in [6.07, 6.45) is 3.25. The molecule has 1 saturated heterocycles. The first-order valence-electron chi connectivity index (χ1n) is 12.0. The third kappa shape index (κ3) is 4.96. The van der Waals surface area contributed by atoms with Crippen LogP contribution in [0.2, 0.25) is 0 Å². The lowest BCUT2D eigenvalue weighted by Crippen LogP contribution is -2.45. The molecule has 1 aliphatic rings. The van der Waals surface area contributed by atoms with Crippen LogP contribution in [-0.4, -0.2) is 33.5 Å². The number of benzene rings is 1. The minimum absolute atomic E-state index is 0.0359. The Bertz CT molecular complexity index is 1410. The first kappa shape index (κ1) is 22.8. The zero-order valence-electron chi connectivity index (χ0n) is 20.0. The largest absolute Gasteiger partial charge is 0.465 e. The van der Waals surface area contributed by atoms with Crippen LogP contribution in [0.15, 0.2) is 63.9 Å². The third-order valence-electron chi connectivity index (χ3n) is 6.47. The fourth-order valence-electron chi connectivity index (χ4n) is 4.57. The highest BCUT2D eigenvalue weighted by Crippen LogP contribution is 2.22. The minimum Gasteiger partial charge on any atom is -0.465 e. The molecule has 0 radical (unpaired) electrons. The van der Waals surface area contributed by atoms with Crippen molar-refractivity contribution in [2.75, 3.05) is 18.0 Å². The number of rotatable bonds is 6. The number of furan rings is 1. The zero-order chi connectivity index (χ0) is 24.4. The summed E-state index contributed by atoms with van der Waals surface area (Å²) in [5.41, 5.74) is 3.21. The maximum absolute atomic E-state index is 13.6. The van der Waals surface area contributed by atoms with E-state index in [1.165, 1.54) is 5.56 Å². The second kappa shape index (κ2) is 9.74. The van der Waals surface area contributed by atoms with Gasteiger partial charge in [-0.3, -0.25) is 14.2 Å². The van der Waals surface area contributed by atoms with E-state index in [1.807, 2.05) is 67.3 Å². The highest BCUT2D eigenvalue weighted by Gasteiger charge is 2.29. The van der Waals surface area contributed by atoms with Gasteiger partial charge in [-0.2, -0.15) is 0 Å². The second-order valence-electron chi connectivity index (χ2n) is 9.17. The molecule has 1 N–H and O–H groups in total. The van der Waals surface area contributed by atoms with Crippen molar-refractivity contribution >= 4 is 22.9 Å². The average Bonchev–Trinajstić information content (AvgIpc) is 3.30. The number of carbonyl (C=O) groups excluding carboxylic acids is 1. The van der Waals surface area contributed by atoms with Crippen LogP contribution < -0.4 is 15.8 Å². The molecule has 4 heterocycles. The van der Waals surface area contributed by atoms with Crippen molar-refractivity contribution in [2.45, 2.75) is 39.8 Å². The highest BCUT2D eigenvalue weighted by molar-refractivity contribution is 5.79. The lowest BCUT2D eigenvalue weighted by Gasteiger charge is -2.32. The van der Waals surface area contributed by atoms with E-state index in [2.05, 4.69) is 15.3 Å². The summed E-state index contributed by atoms with van der Waals surface area (Å²) in [6.45, 7) is 5.80. The zero-order valence-corrected chi connectivity index (χ0v) is 20.0. The Morgan fingerprint density at radius 2 is 1.97 bits per heavy atom. The fraction of sp³-hybridized carbons (Fsp3) is 0.333. The van der Waals surface area contributed by atoms with Crippen molar-refractivity contribution in [2.24, 2.45) is 5.92 Å². The van der Waals surface area contributed by atoms with Gasteiger partial charge in [-0.25, -0.2) is 9.97 Å². The number of fused-ring (bicyclic) bond motifs is 1. The van der Waals surface area contributed by atoms with Crippen LogP contribution >= 0.6 is 0 Å². The van der Waals surface area contributed by atoms with Crippen LogP contribution in [0.1, 0.15) is 35.5 Å². The van der Waals surface area contributed by atoms with Crippen molar-refractivity contribution in [1.82, 2.24) is 19.9 Å². The third-order valence-corrected chi connectivity index (χ3v) is 6.47. The molecule has 1 aliphatic heterocycles. The van der Waals surface area contributed by atoms with Crippen molar-refractivity contribution < 1.29 is 9.21 Å². The van der Waals surface area contributed by atoms with Crippen LogP contribution in [0.3, 0.4) is 0 Å². The standard InChI is InChI=1S/C27H29N5O3/c1-18-7-10-20(11-8-18)16-32-24-23(6-3-13-28-24)30-25(27(32)34)31-14-4-5-21(17-31)26(33)29-15-22-12-9-19(2)35-22/h3,6-13,21H,4-5,14-17H2,1-2H3,(H,29,33). The van der Waals surface area contributed by atoms with Crippen LogP contribution in [-0.2, 0) is 17.9 Å². The van der Waals surface area contributed by atoms with Crippen LogP contribution in [0.5, 0.6) is 0 Å². The number of piperidine rings is 1. The Hall–Kier alpha value is -3.94. The molecule has 8 nitrogen and oxygen atoms in total. The summed E-state index contributed by atoms with van der Waals surface area (Å²) >= 11 is 0. The molecule has 5 rings (SSSR count). The lowest BCUT2D eigenvalue weighted by molar-refractivity contribution is -0.125. The summed E-state index contributed by atoms with van der Waals surface area (Å²) in [6, 6.07) is 15.6. The SMILES string of the molecule is Cc1ccc(Cn2c(=O)c(N3CCCC(C(=O)NCc4ccc(C)o4)C3)nc3cccnc32)cc1. The van der Waals surface area contributed by atoms with Gasteiger partial charge in [-0.15, -0.1) is 0 Å². The lowest BCUT2D eigenvalue weighted by atomic mass is 9.97. The molecular weight excluding hydrogens is 442 g/mol. The number of hydrogen-bond donors (Lipinski definition) is 1. The Labute approximate surface area is 203 Å². The van der Waals surface area contributed by atoms with E-state index in [-0.39, 0.29) is 17.4 Å². The van der Waals surface area contributed by atoms with Gasteiger partial charge >= 0.3 is 0 Å². The Morgan fingerprint density at radius 3 is 2.74 bits per heavy atom. The van der Waals surface area contributed by atoms with Gasteiger partial charge in [0.2, 0.25) is 5.91 Å². The Balaban J connectivity index is 1.40. The maximum Gasteiger partial charge on any atom is 0.295 e. The number of hydrogen-bond acceptors (Lipinski definition) is 6. The summed E-state index contributed by atoms with van der Waals surface area (Å²) in [5, 5.41) is 2.97. The van der Waals surface area contributed by atoms with Crippen molar-refractivity contribution in [3.05, 3.63) is 87.7 Å². The molecule has 8 heteroatoms. The molecule has 0 aliphatic carbocycles. The number of anilines is 1. The molecule has 1 fully saturated rings. The topological polar surface area (TPSA) is 93.3 Å². The van der Waals surface area contributed by atoms with E-state index in [4.69, 9.17) is 4.42 Å². The number of carbonyl (C=O) groups is 1. The molecule has 4 aromatic rings. The van der Waals surface area contributed by atoms with Gasteiger partial charge in [0, 0.05) is 19.3 Å². The summed E-state index contributed by atoms with van der Waals surface area (Å²) < 4.78 is 7.24. The van der Waals surface area contributed by atoms with E-state index in [1.54, 1.807) is 10.8 Å². The van der Waals surface area contributed by atoms with Gasteiger partial charge in [0.15, 0.2) is 11.5 Å². The maximum atomic E-state index is 13.6. The molecule has 180 valence electrons. The predicted molar refractivity (Wildman–Crippen MR) is 134 cm³/mol. The number of aryl methyl sites for hydroxylation is 2. The molecule has 0 bridgehead atoms. The minimum atomic E-state index is -0.226. The number of nitrogens with zero attached hydrogens (tertiary/aromatic N) is 4. The van der Waals surface area contributed by atoms with Crippen molar-refractivity contribution in [1.29, 1.82) is 0 Å². The highest BCUT2D eigenvalue weighted by atomic mass is 16.3. The van der Waals surface area contributed by atoms with Gasteiger partial charge in [0.25, 0.3) is 5.56 Å². The summed E-state index contributed by atoms with van der Waals surface area (Å²) in [7, 11) is 0. The fourth-order valence-corrected chi connectivity index (χ4v) is 4.57. The molecule has 1 amide bonds. The first-order valence-corrected chi connectivity index (χ1v) is 12.0. The Morgan fingerprint density at radius 1 is 1.14 bits per heavy atom. The van der Waals surface area contributed by atoms with Crippen molar-refractivity contribution in [3.8, 4) is 0 Å². The summed E-state index contributed by atoms with van der Waals surface area (Å²) in [4.78, 5) is 37.6. The van der Waals surface area contributed by atoms with Gasteiger partial charge in [-0.1, -0.05) is 29.8 Å². The molecule has 1 aromatic carbocycles. The number of pyridine rings is 1. The molecule has 0 spiro atoms. The first-order chi connectivity index (χ1) is 17.0. The van der Waals surface area contributed by atoms with Gasteiger partial charge < -0.3 is 14.6 Å². The van der Waals surface area contributed by atoms with Crippen molar-refractivity contribution in [3.63, 3.8) is 0 Å². The number of aromatic nitrogens is 3. The molecule has 3 aromatic heterocycles. The van der Waals surface area contributed by atoms with Gasteiger partial charge in [-0.05, 0) is 56.5 Å². The Kier molecular flexibility index (Phi) is 6.35. The van der Waals surface area contributed by atoms with Crippen LogP contribution in [0, 0.1) is 19.8 Å². The van der Waals surface area contributed by atoms with E-state index in [0.29, 0.717) is 43.2 Å². The van der Waals surface area contributed by atoms with Gasteiger partial charge in [0.1, 0.15) is 17.0 Å².